The maximum atomic E-state index is 12.5. The summed E-state index contributed by atoms with van der Waals surface area (Å²) in [5.74, 6) is 1.80. The highest BCUT2D eigenvalue weighted by atomic mass is 35.5. The predicted molar refractivity (Wildman–Crippen MR) is 110 cm³/mol. The lowest BCUT2D eigenvalue weighted by Crippen LogP contribution is -2.40. The Bertz CT molecular complexity index is 1370. The Hall–Kier alpha value is -3.85. The quantitative estimate of drug-likeness (QED) is 0.441. The summed E-state index contributed by atoms with van der Waals surface area (Å²) in [7, 11) is 0. The van der Waals surface area contributed by atoms with Crippen LogP contribution in [0.1, 0.15) is 11.5 Å². The van der Waals surface area contributed by atoms with E-state index in [9.17, 15) is 9.59 Å². The van der Waals surface area contributed by atoms with Crippen LogP contribution >= 0.6 is 11.6 Å². The van der Waals surface area contributed by atoms with Crippen LogP contribution in [0.3, 0.4) is 0 Å². The Kier molecular flexibility index (Phi) is 4.79. The zero-order valence-electron chi connectivity index (χ0n) is 16.0. The van der Waals surface area contributed by atoms with E-state index < -0.39 is 11.1 Å². The van der Waals surface area contributed by atoms with E-state index in [-0.39, 0.29) is 25.8 Å². The number of rotatable bonds is 5. The smallest absolute Gasteiger partial charge is 0.316 e. The highest BCUT2D eigenvalue weighted by Crippen LogP contribution is 2.35. The van der Waals surface area contributed by atoms with Gasteiger partial charge in [-0.3, -0.25) is 14.2 Å². The molecule has 0 aliphatic carbocycles. The molecule has 1 aliphatic heterocycles. The molecule has 0 fully saturated rings. The molecule has 4 aromatic rings. The van der Waals surface area contributed by atoms with Crippen molar-refractivity contribution in [3.8, 4) is 22.9 Å². The number of aromatic nitrogens is 4. The lowest BCUT2D eigenvalue weighted by molar-refractivity contribution is 0.174. The Morgan fingerprint density at radius 1 is 0.903 bits per heavy atom. The van der Waals surface area contributed by atoms with Crippen molar-refractivity contribution in [2.75, 3.05) is 6.79 Å². The lowest BCUT2D eigenvalue weighted by atomic mass is 10.2. The van der Waals surface area contributed by atoms with Crippen LogP contribution in [0.2, 0.25) is 5.02 Å². The van der Waals surface area contributed by atoms with E-state index in [0.29, 0.717) is 27.9 Å². The zero-order chi connectivity index (χ0) is 21.4. The van der Waals surface area contributed by atoms with Gasteiger partial charge in [-0.05, 0) is 35.9 Å². The molecule has 0 amide bonds. The molecule has 0 N–H and O–H groups in total. The molecule has 10 heteroatoms. The largest absolute Gasteiger partial charge is 0.454 e. The van der Waals surface area contributed by atoms with Gasteiger partial charge in [0, 0.05) is 23.0 Å². The van der Waals surface area contributed by atoms with Gasteiger partial charge in [0.15, 0.2) is 11.5 Å². The van der Waals surface area contributed by atoms with Crippen LogP contribution in [-0.4, -0.2) is 26.1 Å². The van der Waals surface area contributed by atoms with Crippen LogP contribution < -0.4 is 20.6 Å². The van der Waals surface area contributed by atoms with Gasteiger partial charge in [0.2, 0.25) is 18.5 Å². The van der Waals surface area contributed by atoms with Crippen LogP contribution in [0, 0.1) is 0 Å². The molecule has 9 nitrogen and oxygen atoms in total. The van der Waals surface area contributed by atoms with Crippen molar-refractivity contribution < 1.29 is 14.0 Å². The molecule has 0 spiro atoms. The average molecular weight is 439 g/mol. The summed E-state index contributed by atoms with van der Waals surface area (Å²) >= 11 is 5.88. The minimum atomic E-state index is -0.681. The topological polar surface area (TPSA) is 101 Å². The fourth-order valence-corrected chi connectivity index (χ4v) is 3.32. The van der Waals surface area contributed by atoms with E-state index in [1.807, 2.05) is 0 Å². The summed E-state index contributed by atoms with van der Waals surface area (Å²) in [5.41, 5.74) is 0.214. The summed E-state index contributed by atoms with van der Waals surface area (Å²) < 4.78 is 18.5. The minimum Gasteiger partial charge on any atom is -0.454 e. The maximum absolute atomic E-state index is 12.5. The molecule has 31 heavy (non-hydrogen) atoms. The number of ether oxygens (including phenoxy) is 2. The van der Waals surface area contributed by atoms with Gasteiger partial charge in [-0.1, -0.05) is 28.9 Å². The molecule has 2 aromatic carbocycles. The predicted octanol–water partition coefficient (Wildman–Crippen LogP) is 2.54. The summed E-state index contributed by atoms with van der Waals surface area (Å²) in [4.78, 5) is 29.3. The Labute approximate surface area is 180 Å². The number of nitrogens with zero attached hydrogens (tertiary/aromatic N) is 4. The highest BCUT2D eigenvalue weighted by Gasteiger charge is 2.17. The second kappa shape index (κ2) is 7.77. The van der Waals surface area contributed by atoms with Crippen molar-refractivity contribution in [2.24, 2.45) is 0 Å². The molecule has 2 aromatic heterocycles. The Balaban J connectivity index is 1.36. The molecule has 0 unspecified atom stereocenters. The third-order valence-electron chi connectivity index (χ3n) is 4.80. The summed E-state index contributed by atoms with van der Waals surface area (Å²) in [6.45, 7) is 0.414. The van der Waals surface area contributed by atoms with Gasteiger partial charge in [0.1, 0.15) is 6.54 Å². The van der Waals surface area contributed by atoms with Crippen LogP contribution in [0.5, 0.6) is 11.5 Å². The molecule has 0 saturated carbocycles. The lowest BCUT2D eigenvalue weighted by Gasteiger charge is -2.08. The van der Waals surface area contributed by atoms with Crippen LogP contribution in [0.4, 0.5) is 0 Å². The van der Waals surface area contributed by atoms with Crippen molar-refractivity contribution in [2.45, 2.75) is 13.1 Å². The Morgan fingerprint density at radius 3 is 2.39 bits per heavy atom. The first-order valence-electron chi connectivity index (χ1n) is 9.34. The number of halogens is 1. The van der Waals surface area contributed by atoms with Gasteiger partial charge in [0.25, 0.3) is 0 Å². The second-order valence-corrected chi connectivity index (χ2v) is 7.31. The third-order valence-corrected chi connectivity index (χ3v) is 5.05. The molecule has 0 radical (unpaired) electrons. The molecule has 3 heterocycles. The minimum absolute atomic E-state index is 0.0204. The van der Waals surface area contributed by atoms with Gasteiger partial charge in [-0.15, -0.1) is 0 Å². The molecule has 1 aliphatic rings. The van der Waals surface area contributed by atoms with Crippen LogP contribution in [0.15, 0.2) is 69.0 Å². The van der Waals surface area contributed by atoms with Crippen molar-refractivity contribution in [1.29, 1.82) is 0 Å². The Morgan fingerprint density at radius 2 is 1.61 bits per heavy atom. The SMILES string of the molecule is O=c1c(=O)n(Cc2nc(-c3ccc4c(c3)OCO4)no2)ccn1Cc1ccc(Cl)cc1. The highest BCUT2D eigenvalue weighted by molar-refractivity contribution is 6.30. The summed E-state index contributed by atoms with van der Waals surface area (Å²) in [6.07, 6.45) is 3.07. The molecule has 0 bridgehead atoms. The van der Waals surface area contributed by atoms with E-state index in [2.05, 4.69) is 10.1 Å². The van der Waals surface area contributed by atoms with Crippen molar-refractivity contribution in [3.05, 3.63) is 92.0 Å². The van der Waals surface area contributed by atoms with Gasteiger partial charge in [-0.25, -0.2) is 0 Å². The first kappa shape index (κ1) is 19.1. The first-order chi connectivity index (χ1) is 15.1. The number of hydrogen-bond donors (Lipinski definition) is 0. The molecule has 156 valence electrons. The van der Waals surface area contributed by atoms with Gasteiger partial charge in [-0.2, -0.15) is 4.98 Å². The number of benzene rings is 2. The standard InChI is InChI=1S/C21H15ClN4O5/c22-15-4-1-13(2-5-15)10-25-7-8-26(21(28)20(25)27)11-18-23-19(24-31-18)14-3-6-16-17(9-14)30-12-29-16/h1-9H,10-12H2. The molecule has 5 rings (SSSR count). The monoisotopic (exact) mass is 438 g/mol. The fraction of sp³-hybridized carbons (Fsp3) is 0.143. The third kappa shape index (κ3) is 3.82. The van der Waals surface area contributed by atoms with Crippen LogP contribution in [0.25, 0.3) is 11.4 Å². The summed E-state index contributed by atoms with van der Waals surface area (Å²) in [5, 5.41) is 4.55. The van der Waals surface area contributed by atoms with E-state index in [1.165, 1.54) is 15.3 Å². The summed E-state index contributed by atoms with van der Waals surface area (Å²) in [6, 6.07) is 12.4. The van der Waals surface area contributed by atoms with E-state index in [4.69, 9.17) is 25.6 Å². The van der Waals surface area contributed by atoms with Crippen molar-refractivity contribution in [1.82, 2.24) is 19.3 Å². The van der Waals surface area contributed by atoms with Gasteiger partial charge in [0.05, 0.1) is 6.54 Å². The molecular weight excluding hydrogens is 424 g/mol. The zero-order valence-corrected chi connectivity index (χ0v) is 16.8. The first-order valence-corrected chi connectivity index (χ1v) is 9.71. The molecule has 0 saturated heterocycles. The van der Waals surface area contributed by atoms with Crippen molar-refractivity contribution >= 4 is 11.6 Å². The van der Waals surface area contributed by atoms with Crippen molar-refractivity contribution in [3.63, 3.8) is 0 Å². The molecular formula is C21H15ClN4O5. The van der Waals surface area contributed by atoms with Crippen LogP contribution in [-0.2, 0) is 13.1 Å². The van der Waals surface area contributed by atoms with E-state index in [0.717, 1.165) is 5.56 Å². The normalized spacial score (nSPS) is 12.3. The van der Waals surface area contributed by atoms with Gasteiger partial charge < -0.3 is 18.6 Å². The average Bonchev–Trinajstić information content (AvgIpc) is 3.44. The van der Waals surface area contributed by atoms with E-state index >= 15 is 0 Å². The van der Waals surface area contributed by atoms with E-state index in [1.54, 1.807) is 48.7 Å². The number of fused-ring (bicyclic) bond motifs is 1. The van der Waals surface area contributed by atoms with Gasteiger partial charge >= 0.3 is 11.1 Å². The molecule has 0 atom stereocenters. The fourth-order valence-electron chi connectivity index (χ4n) is 3.20. The number of hydrogen-bond acceptors (Lipinski definition) is 7. The second-order valence-electron chi connectivity index (χ2n) is 6.87. The maximum Gasteiger partial charge on any atom is 0.316 e.